The molecule has 0 aliphatic carbocycles. The van der Waals surface area contributed by atoms with Crippen LogP contribution in [0.2, 0.25) is 5.02 Å². The molecule has 1 heterocycles. The first-order chi connectivity index (χ1) is 10.5. The van der Waals surface area contributed by atoms with Gasteiger partial charge in [0.25, 0.3) is 10.0 Å². The predicted molar refractivity (Wildman–Crippen MR) is 86.1 cm³/mol. The van der Waals surface area contributed by atoms with E-state index in [4.69, 9.17) is 11.6 Å². The number of aldehydes is 1. The lowest BCUT2D eigenvalue weighted by Gasteiger charge is -2.30. The van der Waals surface area contributed by atoms with Gasteiger partial charge in [0.1, 0.15) is 6.29 Å². The predicted octanol–water partition coefficient (Wildman–Crippen LogP) is 3.29. The first kappa shape index (κ1) is 15.1. The van der Waals surface area contributed by atoms with Crippen LogP contribution in [0.5, 0.6) is 0 Å². The zero-order valence-electron chi connectivity index (χ0n) is 11.7. The Balaban J connectivity index is 2.05. The first-order valence-corrected chi connectivity index (χ1v) is 8.70. The summed E-state index contributed by atoms with van der Waals surface area (Å²) >= 11 is 5.99. The van der Waals surface area contributed by atoms with Crippen molar-refractivity contribution in [3.63, 3.8) is 0 Å². The number of rotatable bonds is 3. The van der Waals surface area contributed by atoms with Crippen molar-refractivity contribution in [2.24, 2.45) is 0 Å². The maximum atomic E-state index is 12.8. The number of carbonyl (C=O) groups excluding carboxylic acids is 1. The van der Waals surface area contributed by atoms with Gasteiger partial charge in [-0.2, -0.15) is 0 Å². The largest absolute Gasteiger partial charge is 0.298 e. The van der Waals surface area contributed by atoms with Crippen molar-refractivity contribution in [2.45, 2.75) is 17.7 Å². The Morgan fingerprint density at radius 3 is 2.50 bits per heavy atom. The molecule has 114 valence electrons. The summed E-state index contributed by atoms with van der Waals surface area (Å²) in [5, 5.41) is 0.605. The van der Waals surface area contributed by atoms with Gasteiger partial charge in [-0.05, 0) is 48.7 Å². The molecule has 0 spiro atoms. The van der Waals surface area contributed by atoms with Crippen LogP contribution in [-0.2, 0) is 16.4 Å². The highest BCUT2D eigenvalue weighted by Crippen LogP contribution is 2.33. The topological polar surface area (TPSA) is 54.5 Å². The van der Waals surface area contributed by atoms with E-state index < -0.39 is 10.0 Å². The molecule has 0 unspecified atom stereocenters. The summed E-state index contributed by atoms with van der Waals surface area (Å²) < 4.78 is 27.1. The van der Waals surface area contributed by atoms with Gasteiger partial charge in [-0.1, -0.05) is 23.7 Å². The Morgan fingerprint density at radius 1 is 1.09 bits per heavy atom. The van der Waals surface area contributed by atoms with Crippen LogP contribution in [-0.4, -0.2) is 21.2 Å². The third kappa shape index (κ3) is 2.62. The minimum Gasteiger partial charge on any atom is -0.298 e. The van der Waals surface area contributed by atoms with Crippen molar-refractivity contribution in [1.29, 1.82) is 0 Å². The maximum absolute atomic E-state index is 12.8. The lowest BCUT2D eigenvalue weighted by atomic mass is 10.0. The summed E-state index contributed by atoms with van der Waals surface area (Å²) in [6, 6.07) is 11.2. The van der Waals surface area contributed by atoms with E-state index in [1.807, 2.05) is 6.07 Å². The van der Waals surface area contributed by atoms with Gasteiger partial charge in [-0.3, -0.25) is 9.10 Å². The summed E-state index contributed by atoms with van der Waals surface area (Å²) in [7, 11) is -3.64. The fraction of sp³-hybridized carbons (Fsp3) is 0.188. The molecule has 6 heteroatoms. The molecule has 22 heavy (non-hydrogen) atoms. The van der Waals surface area contributed by atoms with E-state index in [0.29, 0.717) is 29.1 Å². The van der Waals surface area contributed by atoms with Crippen LogP contribution >= 0.6 is 11.6 Å². The molecule has 0 aromatic heterocycles. The maximum Gasteiger partial charge on any atom is 0.264 e. The minimum absolute atomic E-state index is 0.181. The molecule has 0 saturated carbocycles. The normalized spacial score (nSPS) is 14.5. The Labute approximate surface area is 134 Å². The van der Waals surface area contributed by atoms with Crippen LogP contribution in [0, 0.1) is 0 Å². The van der Waals surface area contributed by atoms with E-state index in [-0.39, 0.29) is 4.90 Å². The molecular weight excluding hydrogens is 322 g/mol. The lowest BCUT2D eigenvalue weighted by molar-refractivity contribution is 0.112. The third-order valence-electron chi connectivity index (χ3n) is 3.72. The molecule has 0 atom stereocenters. The van der Waals surface area contributed by atoms with E-state index in [1.165, 1.54) is 28.6 Å². The average Bonchev–Trinajstić information content (AvgIpc) is 2.54. The zero-order valence-corrected chi connectivity index (χ0v) is 13.3. The second-order valence-electron chi connectivity index (χ2n) is 5.14. The van der Waals surface area contributed by atoms with E-state index >= 15 is 0 Å². The fourth-order valence-electron chi connectivity index (χ4n) is 2.63. The van der Waals surface area contributed by atoms with Gasteiger partial charge in [0.2, 0.25) is 0 Å². The number of carbonyl (C=O) groups is 1. The van der Waals surface area contributed by atoms with Gasteiger partial charge in [0, 0.05) is 17.1 Å². The number of benzene rings is 2. The standard InChI is InChI=1S/C16H14ClNO3S/c17-14-5-8-16-13(10-14)2-1-9-18(16)22(20,21)15-6-3-12(11-19)4-7-15/h3-8,10-11H,1-2,9H2. The second-order valence-corrected chi connectivity index (χ2v) is 7.44. The van der Waals surface area contributed by atoms with E-state index in [1.54, 1.807) is 12.1 Å². The molecule has 3 rings (SSSR count). The second kappa shape index (κ2) is 5.74. The fourth-order valence-corrected chi connectivity index (χ4v) is 4.36. The summed E-state index contributed by atoms with van der Waals surface area (Å²) in [6.07, 6.45) is 2.25. The first-order valence-electron chi connectivity index (χ1n) is 6.89. The summed E-state index contributed by atoms with van der Waals surface area (Å²) in [5.74, 6) is 0. The van der Waals surface area contributed by atoms with Crippen LogP contribution in [0.25, 0.3) is 0 Å². The molecule has 0 radical (unpaired) electrons. The van der Waals surface area contributed by atoms with E-state index in [0.717, 1.165) is 18.4 Å². The summed E-state index contributed by atoms with van der Waals surface area (Å²) in [6.45, 7) is 0.437. The third-order valence-corrected chi connectivity index (χ3v) is 5.78. The molecule has 0 N–H and O–H groups in total. The van der Waals surface area contributed by atoms with Crippen LogP contribution < -0.4 is 4.31 Å². The molecule has 4 nitrogen and oxygen atoms in total. The molecule has 1 aliphatic heterocycles. The number of nitrogens with zero attached hydrogens (tertiary/aromatic N) is 1. The number of anilines is 1. The molecule has 0 bridgehead atoms. The van der Waals surface area contributed by atoms with Gasteiger partial charge in [-0.15, -0.1) is 0 Å². The minimum atomic E-state index is -3.64. The summed E-state index contributed by atoms with van der Waals surface area (Å²) in [5.41, 5.74) is 2.06. The van der Waals surface area contributed by atoms with E-state index in [2.05, 4.69) is 0 Å². The van der Waals surface area contributed by atoms with Crippen molar-refractivity contribution in [3.05, 3.63) is 58.6 Å². The molecule has 2 aromatic carbocycles. The molecule has 0 saturated heterocycles. The lowest BCUT2D eigenvalue weighted by Crippen LogP contribution is -2.35. The highest BCUT2D eigenvalue weighted by molar-refractivity contribution is 7.92. The number of hydrogen-bond acceptors (Lipinski definition) is 3. The smallest absolute Gasteiger partial charge is 0.264 e. The van der Waals surface area contributed by atoms with Gasteiger partial charge in [0.05, 0.1) is 10.6 Å². The Hall–Kier alpha value is -1.85. The average molecular weight is 336 g/mol. The van der Waals surface area contributed by atoms with Crippen LogP contribution in [0.3, 0.4) is 0 Å². The van der Waals surface area contributed by atoms with Crippen LogP contribution in [0.4, 0.5) is 5.69 Å². The highest BCUT2D eigenvalue weighted by atomic mass is 35.5. The Morgan fingerprint density at radius 2 is 1.82 bits per heavy atom. The molecular formula is C16H14ClNO3S. The van der Waals surface area contributed by atoms with Gasteiger partial charge < -0.3 is 0 Å². The Bertz CT molecular complexity index is 816. The van der Waals surface area contributed by atoms with Crippen molar-refractivity contribution < 1.29 is 13.2 Å². The molecule has 0 amide bonds. The van der Waals surface area contributed by atoms with Crippen molar-refractivity contribution >= 4 is 33.6 Å². The van der Waals surface area contributed by atoms with Gasteiger partial charge in [0.15, 0.2) is 0 Å². The number of sulfonamides is 1. The Kier molecular flexibility index (Phi) is 3.93. The molecule has 1 aliphatic rings. The van der Waals surface area contributed by atoms with E-state index in [9.17, 15) is 13.2 Å². The van der Waals surface area contributed by atoms with Crippen LogP contribution in [0.1, 0.15) is 22.3 Å². The number of fused-ring (bicyclic) bond motifs is 1. The summed E-state index contributed by atoms with van der Waals surface area (Å²) in [4.78, 5) is 10.9. The van der Waals surface area contributed by atoms with Crippen LogP contribution in [0.15, 0.2) is 47.4 Å². The van der Waals surface area contributed by atoms with Crippen molar-refractivity contribution in [1.82, 2.24) is 0 Å². The molecule has 0 fully saturated rings. The molecule has 2 aromatic rings. The zero-order chi connectivity index (χ0) is 15.7. The van der Waals surface area contributed by atoms with Crippen molar-refractivity contribution in [3.8, 4) is 0 Å². The SMILES string of the molecule is O=Cc1ccc(S(=O)(=O)N2CCCc3cc(Cl)ccc32)cc1. The number of halogens is 1. The van der Waals surface area contributed by atoms with Gasteiger partial charge >= 0.3 is 0 Å². The quantitative estimate of drug-likeness (QED) is 0.809. The van der Waals surface area contributed by atoms with Gasteiger partial charge in [-0.25, -0.2) is 8.42 Å². The monoisotopic (exact) mass is 335 g/mol. The highest BCUT2D eigenvalue weighted by Gasteiger charge is 2.29. The number of aryl methyl sites for hydroxylation is 1. The number of hydrogen-bond donors (Lipinski definition) is 0. The van der Waals surface area contributed by atoms with Crippen molar-refractivity contribution in [2.75, 3.05) is 10.8 Å².